The van der Waals surface area contributed by atoms with E-state index in [0.29, 0.717) is 23.4 Å². The minimum atomic E-state index is -1.56. The summed E-state index contributed by atoms with van der Waals surface area (Å²) in [6.45, 7) is -0.189. The van der Waals surface area contributed by atoms with E-state index in [2.05, 4.69) is 5.32 Å². The highest BCUT2D eigenvalue weighted by molar-refractivity contribution is 6.05. The molecule has 4 aliphatic heterocycles. The van der Waals surface area contributed by atoms with Gasteiger partial charge in [0.15, 0.2) is 0 Å². The van der Waals surface area contributed by atoms with Gasteiger partial charge in [0.2, 0.25) is 11.8 Å². The van der Waals surface area contributed by atoms with Crippen molar-refractivity contribution >= 4 is 29.4 Å². The largest absolute Gasteiger partial charge is 0.497 e. The maximum Gasteiger partial charge on any atom is 0.313 e. The number of ether oxygens (including phenoxy) is 3. The number of esters is 1. The average molecular weight is 692 g/mol. The molecule has 264 valence electrons. The second-order valence-corrected chi connectivity index (χ2v) is 13.3. The number of cyclic esters (lactones) is 1. The number of aliphatic hydroxyl groups is 1. The monoisotopic (exact) mass is 691 g/mol. The third-order valence-electron chi connectivity index (χ3n) is 10.3. The van der Waals surface area contributed by atoms with Gasteiger partial charge in [-0.2, -0.15) is 0 Å². The zero-order chi connectivity index (χ0) is 35.5. The Hall–Kier alpha value is -5.26. The van der Waals surface area contributed by atoms with Gasteiger partial charge in [0.1, 0.15) is 29.4 Å². The van der Waals surface area contributed by atoms with Crippen molar-refractivity contribution in [2.75, 3.05) is 31.7 Å². The van der Waals surface area contributed by atoms with Crippen LogP contribution >= 0.6 is 0 Å². The van der Waals surface area contributed by atoms with Gasteiger partial charge >= 0.3 is 5.97 Å². The number of anilines is 1. The molecule has 2 N–H and O–H groups in total. The number of nitrogens with zero attached hydrogens (tertiary/aromatic N) is 2. The van der Waals surface area contributed by atoms with Crippen molar-refractivity contribution in [3.05, 3.63) is 120 Å². The summed E-state index contributed by atoms with van der Waals surface area (Å²) in [4.78, 5) is 60.1. The fourth-order valence-corrected chi connectivity index (χ4v) is 7.87. The van der Waals surface area contributed by atoms with Crippen LogP contribution in [-0.4, -0.2) is 84.3 Å². The van der Waals surface area contributed by atoms with Crippen molar-refractivity contribution in [2.24, 2.45) is 11.8 Å². The smallest absolute Gasteiger partial charge is 0.313 e. The van der Waals surface area contributed by atoms with Gasteiger partial charge in [-0.25, -0.2) is 0 Å². The molecule has 0 aromatic heterocycles. The lowest BCUT2D eigenvalue weighted by Crippen LogP contribution is -2.58. The Balaban J connectivity index is 1.33. The van der Waals surface area contributed by atoms with E-state index in [0.717, 1.165) is 5.56 Å². The van der Waals surface area contributed by atoms with Crippen LogP contribution < -0.4 is 15.0 Å². The molecule has 0 aliphatic carbocycles. The summed E-state index contributed by atoms with van der Waals surface area (Å²) in [5, 5.41) is 13.7. The molecule has 0 unspecified atom stereocenters. The number of rotatable bonds is 7. The predicted molar refractivity (Wildman–Crippen MR) is 187 cm³/mol. The number of hydrogen-bond acceptors (Lipinski definition) is 8. The number of methoxy groups -OCH3 is 1. The minimum Gasteiger partial charge on any atom is -0.497 e. The van der Waals surface area contributed by atoms with Crippen molar-refractivity contribution in [1.82, 2.24) is 10.2 Å². The first-order valence-electron chi connectivity index (χ1n) is 17.3. The zero-order valence-corrected chi connectivity index (χ0v) is 28.3. The zero-order valence-electron chi connectivity index (χ0n) is 28.3. The van der Waals surface area contributed by atoms with Gasteiger partial charge in [0, 0.05) is 18.7 Å². The Morgan fingerprint density at radius 2 is 1.67 bits per heavy atom. The van der Waals surface area contributed by atoms with Gasteiger partial charge < -0.3 is 34.4 Å². The molecule has 3 aromatic carbocycles. The van der Waals surface area contributed by atoms with Crippen molar-refractivity contribution in [2.45, 2.75) is 49.2 Å². The molecule has 51 heavy (non-hydrogen) atoms. The maximum atomic E-state index is 15.0. The van der Waals surface area contributed by atoms with Gasteiger partial charge in [-0.15, -0.1) is 0 Å². The van der Waals surface area contributed by atoms with E-state index in [1.807, 2.05) is 60.7 Å². The highest BCUT2D eigenvalue weighted by Gasteiger charge is 2.72. The van der Waals surface area contributed by atoms with E-state index in [9.17, 15) is 19.5 Å². The summed E-state index contributed by atoms with van der Waals surface area (Å²) in [6.07, 6.45) is 6.14. The highest BCUT2D eigenvalue weighted by Crippen LogP contribution is 2.54. The van der Waals surface area contributed by atoms with Crippen LogP contribution in [0.15, 0.2) is 109 Å². The molecule has 2 fully saturated rings. The molecule has 11 nitrogen and oxygen atoms in total. The number of carbonyl (C=O) groups excluding carboxylic acids is 4. The summed E-state index contributed by atoms with van der Waals surface area (Å²) in [6, 6.07) is 23.6. The predicted octanol–water partition coefficient (Wildman–Crippen LogP) is 3.53. The van der Waals surface area contributed by atoms with Crippen molar-refractivity contribution in [3.8, 4) is 5.75 Å². The molecule has 3 aromatic rings. The Kier molecular flexibility index (Phi) is 9.75. The molecule has 11 heteroatoms. The number of allylic oxidation sites excluding steroid dienone is 1. The lowest BCUT2D eigenvalue weighted by atomic mass is 9.77. The number of hydrogen-bond donors (Lipinski definition) is 2. The van der Waals surface area contributed by atoms with Crippen LogP contribution in [0, 0.1) is 11.8 Å². The lowest BCUT2D eigenvalue weighted by Gasteiger charge is -2.38. The van der Waals surface area contributed by atoms with E-state index in [1.54, 1.807) is 60.6 Å². The first-order valence-corrected chi connectivity index (χ1v) is 17.3. The second-order valence-electron chi connectivity index (χ2n) is 13.3. The van der Waals surface area contributed by atoms with Crippen LogP contribution in [0.25, 0.3) is 0 Å². The van der Waals surface area contributed by atoms with E-state index in [4.69, 9.17) is 14.2 Å². The highest BCUT2D eigenvalue weighted by atomic mass is 16.6. The third-order valence-corrected chi connectivity index (χ3v) is 10.3. The summed E-state index contributed by atoms with van der Waals surface area (Å²) in [7, 11) is 1.56. The van der Waals surface area contributed by atoms with Gasteiger partial charge in [-0.3, -0.25) is 19.2 Å². The van der Waals surface area contributed by atoms with E-state index in [-0.39, 0.29) is 31.8 Å². The topological polar surface area (TPSA) is 135 Å². The molecule has 7 rings (SSSR count). The number of fused-ring (bicyclic) bond motifs is 2. The van der Waals surface area contributed by atoms with E-state index < -0.39 is 66.1 Å². The van der Waals surface area contributed by atoms with Crippen molar-refractivity contribution in [1.29, 1.82) is 0 Å². The van der Waals surface area contributed by atoms with Gasteiger partial charge in [0.25, 0.3) is 5.91 Å². The number of benzene rings is 3. The standard InChI is InChI=1S/C40H41N3O8/c1-49-30-19-17-28(18-20-30)42-22-10-21-40-35(37(46)43(36(40)38(42)47)29(25-44)23-26-11-4-2-5-12-26)34-31(51-40)15-8-9-16-33(45)41-24-32(50-39(34)48)27-13-6-3-7-14-27/h2-8,10-15,17-21,29,31-32,34-36,44H,9,16,22-25H2,1H3,(H,41,45)/b15-8-/t29-,31+,32-,34-,35-,36+,40-/m1/s1. The Morgan fingerprint density at radius 1 is 0.941 bits per heavy atom. The molecule has 1 spiro atoms. The molecule has 0 radical (unpaired) electrons. The van der Waals surface area contributed by atoms with Crippen molar-refractivity contribution in [3.63, 3.8) is 0 Å². The molecule has 2 saturated heterocycles. The Bertz CT molecular complexity index is 1810. The molecular formula is C40H41N3O8. The molecule has 4 aliphatic rings. The molecule has 0 bridgehead atoms. The Morgan fingerprint density at radius 3 is 2.37 bits per heavy atom. The van der Waals surface area contributed by atoms with Crippen LogP contribution in [-0.2, 0) is 35.1 Å². The SMILES string of the molecule is COc1ccc(N2CC=C[C@@]34O[C@H]5/C=C\CCC(=O)NC[C@H](c6ccccc6)OC(=O)[C@H]5[C@@H]3C(=O)N([C@@H](CO)Cc3ccccc3)[C@H]4C2=O)cc1. The molecule has 0 saturated carbocycles. The first-order chi connectivity index (χ1) is 24.8. The molecule has 4 heterocycles. The van der Waals surface area contributed by atoms with E-state index >= 15 is 4.79 Å². The normalized spacial score (nSPS) is 29.0. The fourth-order valence-electron chi connectivity index (χ4n) is 7.87. The van der Waals surface area contributed by atoms with Gasteiger partial charge in [0.05, 0.1) is 38.3 Å². The minimum absolute atomic E-state index is 0.0495. The van der Waals surface area contributed by atoms with Gasteiger partial charge in [-0.05, 0) is 48.2 Å². The molecular weight excluding hydrogens is 650 g/mol. The average Bonchev–Trinajstić information content (AvgIpc) is 3.55. The summed E-state index contributed by atoms with van der Waals surface area (Å²) in [5.74, 6) is -3.38. The second kappa shape index (κ2) is 14.5. The number of likely N-dealkylation sites (tertiary alicyclic amines) is 1. The van der Waals surface area contributed by atoms with Gasteiger partial charge in [-0.1, -0.05) is 85.0 Å². The third kappa shape index (κ3) is 6.43. The fraction of sp³-hybridized carbons (Fsp3) is 0.350. The van der Waals surface area contributed by atoms with Crippen LogP contribution in [0.4, 0.5) is 5.69 Å². The van der Waals surface area contributed by atoms with Crippen LogP contribution in [0.2, 0.25) is 0 Å². The molecule has 7 atom stereocenters. The number of amides is 3. The summed E-state index contributed by atoms with van der Waals surface area (Å²) >= 11 is 0. The van der Waals surface area contributed by atoms with Crippen LogP contribution in [0.1, 0.15) is 30.1 Å². The number of carbonyl (C=O) groups is 4. The Labute approximate surface area is 296 Å². The number of nitrogens with one attached hydrogen (secondary N) is 1. The van der Waals surface area contributed by atoms with Crippen LogP contribution in [0.5, 0.6) is 5.75 Å². The summed E-state index contributed by atoms with van der Waals surface area (Å²) < 4.78 is 18.4. The quantitative estimate of drug-likeness (QED) is 0.284. The lowest BCUT2D eigenvalue weighted by molar-refractivity contribution is -0.160. The maximum absolute atomic E-state index is 15.0. The molecule has 3 amide bonds. The summed E-state index contributed by atoms with van der Waals surface area (Å²) in [5.41, 5.74) is 0.589. The van der Waals surface area contributed by atoms with Crippen LogP contribution in [0.3, 0.4) is 0 Å². The van der Waals surface area contributed by atoms with Crippen molar-refractivity contribution < 1.29 is 38.5 Å². The van der Waals surface area contributed by atoms with E-state index in [1.165, 1.54) is 4.90 Å². The number of aliphatic hydroxyl groups excluding tert-OH is 1. The first kappa shape index (κ1) is 34.2.